The van der Waals surface area contributed by atoms with Gasteiger partial charge >= 0.3 is 0 Å². The molecule has 0 spiro atoms. The number of halogens is 2. The molecule has 192 valence electrons. The number of carbonyl (C=O) groups is 1. The van der Waals surface area contributed by atoms with E-state index in [1.165, 1.54) is 6.07 Å². The highest BCUT2D eigenvalue weighted by Gasteiger charge is 2.37. The van der Waals surface area contributed by atoms with Crippen molar-refractivity contribution in [2.45, 2.75) is 23.3 Å². The van der Waals surface area contributed by atoms with E-state index >= 15 is 0 Å². The van der Waals surface area contributed by atoms with E-state index < -0.39 is 16.4 Å². The molecule has 2 heterocycles. The van der Waals surface area contributed by atoms with E-state index in [0.29, 0.717) is 53.3 Å². The lowest BCUT2D eigenvalue weighted by Gasteiger charge is -2.39. The molecular weight excluding hydrogens is 533 g/mol. The number of hydrogen-bond donors (Lipinski definition) is 4. The minimum atomic E-state index is -3.46. The largest absolute Gasteiger partial charge is 0.385 e. The van der Waals surface area contributed by atoms with Gasteiger partial charge in [0, 0.05) is 35.3 Å². The van der Waals surface area contributed by atoms with Gasteiger partial charge in [-0.15, -0.1) is 0 Å². The third-order valence-electron chi connectivity index (χ3n) is 6.62. The van der Waals surface area contributed by atoms with E-state index in [-0.39, 0.29) is 15.8 Å². The fourth-order valence-corrected chi connectivity index (χ4v) is 6.48. The molecular formula is C27H25Cl2N3O4S. The number of carbonyl (C=O) groups excluding carboxylic acids is 1. The van der Waals surface area contributed by atoms with Gasteiger partial charge in [0.05, 0.1) is 27.4 Å². The van der Waals surface area contributed by atoms with Gasteiger partial charge in [-0.05, 0) is 49.2 Å². The number of aliphatic hydroxyl groups is 1. The van der Waals surface area contributed by atoms with Crippen LogP contribution in [0.4, 0.5) is 5.69 Å². The maximum Gasteiger partial charge on any atom is 0.255 e. The number of pyridine rings is 1. The van der Waals surface area contributed by atoms with Gasteiger partial charge in [0.2, 0.25) is 0 Å². The van der Waals surface area contributed by atoms with Crippen LogP contribution in [0.1, 0.15) is 28.8 Å². The van der Waals surface area contributed by atoms with Crippen molar-refractivity contribution in [3.8, 4) is 0 Å². The summed E-state index contributed by atoms with van der Waals surface area (Å²) in [5.74, 6) is -0.261. The second-order valence-corrected chi connectivity index (χ2v) is 11.5. The molecule has 10 heteroatoms. The molecule has 0 saturated carbocycles. The van der Waals surface area contributed by atoms with Crippen LogP contribution in [-0.2, 0) is 5.60 Å². The van der Waals surface area contributed by atoms with Crippen LogP contribution in [0, 0.1) is 0 Å². The summed E-state index contributed by atoms with van der Waals surface area (Å²) < 4.78 is 24.6. The zero-order valence-electron chi connectivity index (χ0n) is 19.6. The highest BCUT2D eigenvalue weighted by molar-refractivity contribution is 8.25. The van der Waals surface area contributed by atoms with Crippen molar-refractivity contribution >= 4 is 56.5 Å². The molecule has 0 aliphatic carbocycles. The normalized spacial score (nSPS) is 16.0. The Hall–Kier alpha value is -2.85. The molecule has 0 unspecified atom stereocenters. The summed E-state index contributed by atoms with van der Waals surface area (Å²) in [6, 6.07) is 20.6. The first-order valence-corrected chi connectivity index (χ1v) is 13.9. The van der Waals surface area contributed by atoms with Crippen LogP contribution in [0.5, 0.6) is 0 Å². The maximum atomic E-state index is 13.2. The van der Waals surface area contributed by atoms with Crippen molar-refractivity contribution in [1.29, 1.82) is 0 Å². The number of rotatable bonds is 5. The van der Waals surface area contributed by atoms with Gasteiger partial charge in [-0.25, -0.2) is 0 Å². The number of fused-ring (bicyclic) bond motifs is 1. The average molecular weight is 558 g/mol. The molecule has 4 N–H and O–H groups in total. The summed E-state index contributed by atoms with van der Waals surface area (Å²) in [5, 5.41) is 12.6. The van der Waals surface area contributed by atoms with E-state index in [9.17, 15) is 19.0 Å². The number of likely N-dealkylation sites (tertiary alicyclic amines) is 1. The van der Waals surface area contributed by atoms with Gasteiger partial charge in [-0.1, -0.05) is 70.4 Å². The van der Waals surface area contributed by atoms with Crippen LogP contribution in [-0.4, -0.2) is 43.1 Å². The van der Waals surface area contributed by atoms with Crippen molar-refractivity contribution in [2.24, 2.45) is 0 Å². The standard InChI is InChI=1S/C27H25Cl2N3O4S/c28-22-8-2-1-7-21(22)27(34)12-15-32(16-13-27)26(33)20-11-10-19(17-23(20)29)31-37(35,36)24-9-3-5-18-6-4-14-30-25(18)24/h1-11,14,17,31,34-36H,12-13,15-16H2. The van der Waals surface area contributed by atoms with Gasteiger partial charge in [0.15, 0.2) is 0 Å². The molecule has 5 rings (SSSR count). The Kier molecular flexibility index (Phi) is 7.06. The molecule has 1 amide bonds. The Morgan fingerprint density at radius 1 is 0.946 bits per heavy atom. The Balaban J connectivity index is 1.30. The van der Waals surface area contributed by atoms with Gasteiger partial charge in [0.1, 0.15) is 4.90 Å². The fourth-order valence-electron chi connectivity index (χ4n) is 4.64. The molecule has 1 aromatic heterocycles. The Labute approximate surface area is 226 Å². The molecule has 7 nitrogen and oxygen atoms in total. The highest BCUT2D eigenvalue weighted by atomic mass is 35.5. The van der Waals surface area contributed by atoms with Crippen molar-refractivity contribution in [3.05, 3.63) is 100 Å². The molecule has 0 atom stereocenters. The minimum Gasteiger partial charge on any atom is -0.385 e. The van der Waals surface area contributed by atoms with Crippen molar-refractivity contribution in [1.82, 2.24) is 9.88 Å². The molecule has 4 aromatic rings. The fraction of sp³-hybridized carbons (Fsp3) is 0.185. The van der Waals surface area contributed by atoms with Gasteiger partial charge in [0.25, 0.3) is 5.91 Å². The second kappa shape index (κ2) is 10.1. The molecule has 1 aliphatic heterocycles. The number of nitrogens with one attached hydrogen (secondary N) is 1. The number of hydrogen-bond acceptors (Lipinski definition) is 6. The predicted molar refractivity (Wildman–Crippen MR) is 148 cm³/mol. The van der Waals surface area contributed by atoms with Gasteiger partial charge in [-0.3, -0.25) is 23.6 Å². The van der Waals surface area contributed by atoms with E-state index in [0.717, 1.165) is 5.39 Å². The summed E-state index contributed by atoms with van der Waals surface area (Å²) in [7, 11) is -3.46. The lowest BCUT2D eigenvalue weighted by Crippen LogP contribution is -2.45. The summed E-state index contributed by atoms with van der Waals surface area (Å²) >= 11 is 12.8. The Morgan fingerprint density at radius 2 is 1.68 bits per heavy atom. The van der Waals surface area contributed by atoms with Gasteiger partial charge in [-0.2, -0.15) is 0 Å². The lowest BCUT2D eigenvalue weighted by molar-refractivity contribution is -0.0210. The number of piperidine rings is 1. The van der Waals surface area contributed by atoms with Gasteiger partial charge < -0.3 is 10.0 Å². The predicted octanol–water partition coefficient (Wildman–Crippen LogP) is 6.80. The van der Waals surface area contributed by atoms with Crippen LogP contribution in [0.15, 0.2) is 83.9 Å². The van der Waals surface area contributed by atoms with Crippen molar-refractivity contribution < 1.29 is 19.0 Å². The smallest absolute Gasteiger partial charge is 0.255 e. The third-order valence-corrected chi connectivity index (χ3v) is 8.72. The monoisotopic (exact) mass is 557 g/mol. The summed E-state index contributed by atoms with van der Waals surface area (Å²) in [6.45, 7) is 0.678. The zero-order chi connectivity index (χ0) is 26.2. The van der Waals surface area contributed by atoms with E-state index in [1.54, 1.807) is 53.6 Å². The summed E-state index contributed by atoms with van der Waals surface area (Å²) in [5.41, 5.74) is 0.687. The number of amides is 1. The first-order valence-electron chi connectivity index (χ1n) is 11.6. The first-order chi connectivity index (χ1) is 17.7. The Bertz CT molecular complexity index is 1470. The summed E-state index contributed by atoms with van der Waals surface area (Å²) in [4.78, 5) is 19.4. The number of aromatic nitrogens is 1. The van der Waals surface area contributed by atoms with E-state index in [4.69, 9.17) is 23.2 Å². The van der Waals surface area contributed by atoms with Crippen LogP contribution in [0.2, 0.25) is 10.0 Å². The third kappa shape index (κ3) is 5.13. The number of benzene rings is 3. The molecule has 37 heavy (non-hydrogen) atoms. The molecule has 1 aliphatic rings. The van der Waals surface area contributed by atoms with Crippen molar-refractivity contribution in [3.63, 3.8) is 0 Å². The number of nitrogens with zero attached hydrogens (tertiary/aromatic N) is 2. The molecule has 0 bridgehead atoms. The molecule has 3 aromatic carbocycles. The molecule has 1 fully saturated rings. The topological polar surface area (TPSA) is 106 Å². The lowest BCUT2D eigenvalue weighted by atomic mass is 9.84. The SMILES string of the molecule is O=C(c1ccc(NS(O)(O)c2cccc3cccnc23)cc1Cl)N1CCC(O)(c2ccccc2Cl)CC1. The highest BCUT2D eigenvalue weighted by Crippen LogP contribution is 2.50. The number of para-hydroxylation sites is 1. The second-order valence-electron chi connectivity index (χ2n) is 8.98. The quantitative estimate of drug-likeness (QED) is 0.215. The Morgan fingerprint density at radius 3 is 2.41 bits per heavy atom. The first kappa shape index (κ1) is 25.8. The summed E-state index contributed by atoms with van der Waals surface area (Å²) in [6.07, 6.45) is 2.29. The maximum absolute atomic E-state index is 13.2. The molecule has 0 radical (unpaired) electrons. The van der Waals surface area contributed by atoms with Crippen LogP contribution >= 0.6 is 34.0 Å². The minimum absolute atomic E-state index is 0.174. The molecule has 1 saturated heterocycles. The number of anilines is 1. The van der Waals surface area contributed by atoms with Crippen LogP contribution in [0.25, 0.3) is 10.9 Å². The van der Waals surface area contributed by atoms with E-state index in [1.807, 2.05) is 24.3 Å². The van der Waals surface area contributed by atoms with Crippen molar-refractivity contribution in [2.75, 3.05) is 17.8 Å². The van der Waals surface area contributed by atoms with Crippen LogP contribution in [0.3, 0.4) is 0 Å². The van der Waals surface area contributed by atoms with Crippen LogP contribution < -0.4 is 4.72 Å². The zero-order valence-corrected chi connectivity index (χ0v) is 22.0. The average Bonchev–Trinajstić information content (AvgIpc) is 2.88. The van der Waals surface area contributed by atoms with E-state index in [2.05, 4.69) is 9.71 Å².